The zero-order chi connectivity index (χ0) is 11.1. The highest BCUT2D eigenvalue weighted by atomic mass is 16.4. The van der Waals surface area contributed by atoms with Crippen molar-refractivity contribution in [2.75, 3.05) is 13.6 Å². The van der Waals surface area contributed by atoms with E-state index < -0.39 is 5.97 Å². The van der Waals surface area contributed by atoms with Crippen molar-refractivity contribution >= 4 is 5.97 Å². The largest absolute Gasteiger partial charge is 0.481 e. The van der Waals surface area contributed by atoms with Gasteiger partial charge in [-0.05, 0) is 13.3 Å². The number of rotatable bonds is 2. The van der Waals surface area contributed by atoms with Gasteiger partial charge in [0.25, 0.3) is 5.97 Å². The lowest BCUT2D eigenvalue weighted by atomic mass is 10.4. The average molecular weight is 200 g/mol. The fourth-order valence-electron chi connectivity index (χ4n) is 1.19. The van der Waals surface area contributed by atoms with Crippen molar-refractivity contribution in [3.63, 3.8) is 0 Å². The van der Waals surface area contributed by atoms with E-state index in [2.05, 4.69) is 43.1 Å². The van der Waals surface area contributed by atoms with Crippen LogP contribution in [0, 0.1) is 0 Å². The molecule has 4 heteroatoms. The minimum Gasteiger partial charge on any atom is -0.481 e. The van der Waals surface area contributed by atoms with Gasteiger partial charge in [0.15, 0.2) is 0 Å². The standard InChI is InChI=1S/C8H16N2.C2H4O2/c1-4-5-10-7-6-9(3)8(10)2;1-2(3)4/h6-8H,4-5H2,1-3H3;1H3,(H,3,4). The topological polar surface area (TPSA) is 43.8 Å². The maximum Gasteiger partial charge on any atom is 0.300 e. The van der Waals surface area contributed by atoms with E-state index in [-0.39, 0.29) is 0 Å². The molecular weight excluding hydrogens is 180 g/mol. The van der Waals surface area contributed by atoms with Crippen LogP contribution in [-0.4, -0.2) is 40.6 Å². The fraction of sp³-hybridized carbons (Fsp3) is 0.700. The Labute approximate surface area is 85.8 Å². The minimum atomic E-state index is -0.833. The molecule has 0 aromatic rings. The maximum atomic E-state index is 9.00. The second-order valence-electron chi connectivity index (χ2n) is 3.35. The van der Waals surface area contributed by atoms with E-state index in [9.17, 15) is 0 Å². The summed E-state index contributed by atoms with van der Waals surface area (Å²) in [6, 6.07) is 0. The Bertz CT molecular complexity index is 200. The van der Waals surface area contributed by atoms with Gasteiger partial charge in [0, 0.05) is 32.9 Å². The molecule has 1 aliphatic heterocycles. The van der Waals surface area contributed by atoms with Gasteiger partial charge in [-0.15, -0.1) is 0 Å². The van der Waals surface area contributed by atoms with Crippen LogP contribution in [-0.2, 0) is 4.79 Å². The molecule has 0 fully saturated rings. The third kappa shape index (κ3) is 4.74. The lowest BCUT2D eigenvalue weighted by molar-refractivity contribution is -0.134. The summed E-state index contributed by atoms with van der Waals surface area (Å²) in [4.78, 5) is 13.6. The summed E-state index contributed by atoms with van der Waals surface area (Å²) in [6.45, 7) is 6.68. The van der Waals surface area contributed by atoms with Gasteiger partial charge in [0.1, 0.15) is 0 Å². The summed E-state index contributed by atoms with van der Waals surface area (Å²) in [5.41, 5.74) is 0. The molecule has 1 atom stereocenters. The molecule has 0 saturated carbocycles. The van der Waals surface area contributed by atoms with E-state index in [0.29, 0.717) is 6.17 Å². The molecule has 1 aliphatic rings. The van der Waals surface area contributed by atoms with Gasteiger partial charge in [-0.3, -0.25) is 4.79 Å². The summed E-state index contributed by atoms with van der Waals surface area (Å²) >= 11 is 0. The number of hydrogen-bond acceptors (Lipinski definition) is 3. The van der Waals surface area contributed by atoms with Crippen LogP contribution >= 0.6 is 0 Å². The van der Waals surface area contributed by atoms with Crippen LogP contribution in [0.15, 0.2) is 12.4 Å². The molecule has 14 heavy (non-hydrogen) atoms. The Morgan fingerprint density at radius 1 is 1.50 bits per heavy atom. The van der Waals surface area contributed by atoms with Crippen molar-refractivity contribution < 1.29 is 9.90 Å². The number of carboxylic acid groups (broad SMARTS) is 1. The van der Waals surface area contributed by atoms with Gasteiger partial charge < -0.3 is 14.9 Å². The van der Waals surface area contributed by atoms with Crippen LogP contribution in [0.1, 0.15) is 27.2 Å². The zero-order valence-corrected chi connectivity index (χ0v) is 9.40. The lowest BCUT2D eigenvalue weighted by Crippen LogP contribution is -2.33. The zero-order valence-electron chi connectivity index (χ0n) is 9.40. The number of aliphatic carboxylic acids is 1. The molecule has 1 rings (SSSR count). The van der Waals surface area contributed by atoms with Crippen LogP contribution < -0.4 is 0 Å². The molecule has 0 saturated heterocycles. The van der Waals surface area contributed by atoms with Crippen LogP contribution in [0.5, 0.6) is 0 Å². The van der Waals surface area contributed by atoms with Gasteiger partial charge >= 0.3 is 0 Å². The molecule has 1 N–H and O–H groups in total. The summed E-state index contributed by atoms with van der Waals surface area (Å²) < 4.78 is 0. The van der Waals surface area contributed by atoms with Gasteiger partial charge in [-0.2, -0.15) is 0 Å². The highest BCUT2D eigenvalue weighted by molar-refractivity contribution is 5.62. The Balaban J connectivity index is 0.000000364. The van der Waals surface area contributed by atoms with E-state index in [1.165, 1.54) is 13.0 Å². The highest BCUT2D eigenvalue weighted by Gasteiger charge is 2.16. The highest BCUT2D eigenvalue weighted by Crippen LogP contribution is 2.12. The summed E-state index contributed by atoms with van der Waals surface area (Å²) in [5, 5.41) is 7.42. The first-order chi connectivity index (χ1) is 6.49. The second kappa shape index (κ2) is 6.29. The molecule has 0 aromatic carbocycles. The van der Waals surface area contributed by atoms with Gasteiger partial charge in [-0.1, -0.05) is 6.92 Å². The third-order valence-electron chi connectivity index (χ3n) is 2.04. The van der Waals surface area contributed by atoms with Crippen molar-refractivity contribution in [2.24, 2.45) is 0 Å². The molecule has 0 aromatic heterocycles. The SMILES string of the molecule is CC(=O)O.CCCN1C=CN(C)C1C. The van der Waals surface area contributed by atoms with Gasteiger partial charge in [0.2, 0.25) is 0 Å². The normalized spacial score (nSPS) is 19.3. The minimum absolute atomic E-state index is 0.556. The van der Waals surface area contributed by atoms with E-state index >= 15 is 0 Å². The average Bonchev–Trinajstić information content (AvgIpc) is 2.36. The molecule has 82 valence electrons. The van der Waals surface area contributed by atoms with Crippen molar-refractivity contribution in [2.45, 2.75) is 33.4 Å². The third-order valence-corrected chi connectivity index (χ3v) is 2.04. The molecule has 0 bridgehead atoms. The Kier molecular flexibility index (Phi) is 5.76. The molecule has 0 aliphatic carbocycles. The van der Waals surface area contributed by atoms with E-state index in [0.717, 1.165) is 6.92 Å². The molecule has 0 radical (unpaired) electrons. The van der Waals surface area contributed by atoms with Crippen molar-refractivity contribution in [1.29, 1.82) is 0 Å². The quantitative estimate of drug-likeness (QED) is 0.734. The molecule has 1 unspecified atom stereocenters. The monoisotopic (exact) mass is 200 g/mol. The van der Waals surface area contributed by atoms with Crippen LogP contribution in [0.25, 0.3) is 0 Å². The molecule has 0 spiro atoms. The van der Waals surface area contributed by atoms with Crippen LogP contribution in [0.3, 0.4) is 0 Å². The summed E-state index contributed by atoms with van der Waals surface area (Å²) in [6.07, 6.45) is 6.07. The number of carbonyl (C=O) groups is 1. The Morgan fingerprint density at radius 3 is 2.29 bits per heavy atom. The molecule has 1 heterocycles. The van der Waals surface area contributed by atoms with E-state index in [1.807, 2.05) is 0 Å². The molecule has 4 nitrogen and oxygen atoms in total. The number of hydrogen-bond donors (Lipinski definition) is 1. The molecular formula is C10H20N2O2. The first kappa shape index (κ1) is 12.8. The van der Waals surface area contributed by atoms with E-state index in [1.54, 1.807) is 0 Å². The summed E-state index contributed by atoms with van der Waals surface area (Å²) in [7, 11) is 2.11. The summed E-state index contributed by atoms with van der Waals surface area (Å²) in [5.74, 6) is -0.833. The van der Waals surface area contributed by atoms with Crippen molar-refractivity contribution in [3.8, 4) is 0 Å². The fourth-order valence-corrected chi connectivity index (χ4v) is 1.19. The maximum absolute atomic E-state index is 9.00. The number of nitrogens with zero attached hydrogens (tertiary/aromatic N) is 2. The first-order valence-electron chi connectivity index (χ1n) is 4.84. The van der Waals surface area contributed by atoms with Crippen molar-refractivity contribution in [3.05, 3.63) is 12.4 Å². The van der Waals surface area contributed by atoms with E-state index in [4.69, 9.17) is 9.90 Å². The van der Waals surface area contributed by atoms with Gasteiger partial charge in [0.05, 0.1) is 6.17 Å². The van der Waals surface area contributed by atoms with Gasteiger partial charge in [-0.25, -0.2) is 0 Å². The smallest absolute Gasteiger partial charge is 0.300 e. The van der Waals surface area contributed by atoms with Crippen LogP contribution in [0.4, 0.5) is 0 Å². The Hall–Kier alpha value is -1.19. The predicted molar refractivity (Wildman–Crippen MR) is 56.7 cm³/mol. The van der Waals surface area contributed by atoms with Crippen LogP contribution in [0.2, 0.25) is 0 Å². The van der Waals surface area contributed by atoms with Crippen molar-refractivity contribution in [1.82, 2.24) is 9.80 Å². The Morgan fingerprint density at radius 2 is 2.00 bits per heavy atom. The second-order valence-corrected chi connectivity index (χ2v) is 3.35. The first-order valence-corrected chi connectivity index (χ1v) is 4.84. The molecule has 0 amide bonds. The predicted octanol–water partition coefficient (Wildman–Crippen LogP) is 1.55. The lowest BCUT2D eigenvalue weighted by Gasteiger charge is -2.26. The number of carboxylic acids is 1.